The van der Waals surface area contributed by atoms with Gasteiger partial charge in [-0.25, -0.2) is 0 Å². The number of anilines is 1. The Morgan fingerprint density at radius 3 is 2.36 bits per heavy atom. The molecule has 0 heterocycles. The lowest BCUT2D eigenvalue weighted by atomic mass is 10.0. The molecule has 1 N–H and O–H groups in total. The summed E-state index contributed by atoms with van der Waals surface area (Å²) in [4.78, 5) is 10.5. The van der Waals surface area contributed by atoms with Crippen LogP contribution >= 0.6 is 0 Å². The maximum atomic E-state index is 10.9. The molecule has 2 rings (SSSR count). The van der Waals surface area contributed by atoms with Gasteiger partial charge in [-0.3, -0.25) is 10.1 Å². The highest BCUT2D eigenvalue weighted by Gasteiger charge is 2.17. The van der Waals surface area contributed by atoms with Crippen LogP contribution in [0.25, 0.3) is 0 Å². The molecule has 2 aromatic carbocycles. The summed E-state index contributed by atoms with van der Waals surface area (Å²) in [7, 11) is 1.58. The van der Waals surface area contributed by atoms with Gasteiger partial charge in [0.05, 0.1) is 18.7 Å². The molecule has 1 atom stereocenters. The van der Waals surface area contributed by atoms with Crippen LogP contribution in [-0.2, 0) is 0 Å². The Morgan fingerprint density at radius 1 is 1.23 bits per heavy atom. The predicted octanol–water partition coefficient (Wildman–Crippen LogP) is 3.00. The zero-order valence-corrected chi connectivity index (χ0v) is 12.0. The fourth-order valence-electron chi connectivity index (χ4n) is 2.06. The van der Waals surface area contributed by atoms with Gasteiger partial charge >= 0.3 is 0 Å². The van der Waals surface area contributed by atoms with Gasteiger partial charge in [-0.1, -0.05) is 12.1 Å². The monoisotopic (exact) mass is 297 g/mol. The Bertz CT molecular complexity index is 675. The molecule has 0 fully saturated rings. The molecule has 0 spiro atoms. The number of ether oxygens (including phenoxy) is 1. The highest BCUT2D eigenvalue weighted by molar-refractivity contribution is 5.48. The van der Waals surface area contributed by atoms with Gasteiger partial charge in [0.25, 0.3) is 0 Å². The van der Waals surface area contributed by atoms with Gasteiger partial charge in [-0.15, -0.1) is 0 Å². The normalized spacial score (nSPS) is 11.3. The van der Waals surface area contributed by atoms with Gasteiger partial charge in [-0.2, -0.15) is 5.26 Å². The maximum absolute atomic E-state index is 10.9. The minimum Gasteiger partial charge on any atom is -0.497 e. The molecule has 0 saturated heterocycles. The van der Waals surface area contributed by atoms with Crippen molar-refractivity contribution in [3.8, 4) is 11.8 Å². The molecule has 0 aliphatic carbocycles. The Balaban J connectivity index is 2.20. The molecule has 112 valence electrons. The van der Waals surface area contributed by atoms with Crippen LogP contribution in [-0.4, -0.2) is 18.6 Å². The van der Waals surface area contributed by atoms with Crippen LogP contribution in [0.5, 0.6) is 5.75 Å². The highest BCUT2D eigenvalue weighted by atomic mass is 16.6. The first-order valence-corrected chi connectivity index (χ1v) is 6.65. The summed E-state index contributed by atoms with van der Waals surface area (Å²) < 4.78 is 5.08. The molecule has 0 aliphatic heterocycles. The van der Waals surface area contributed by atoms with Gasteiger partial charge < -0.3 is 10.1 Å². The van der Waals surface area contributed by atoms with Crippen molar-refractivity contribution in [1.82, 2.24) is 0 Å². The molecule has 2 aromatic rings. The van der Waals surface area contributed by atoms with Crippen LogP contribution in [0.2, 0.25) is 0 Å². The van der Waals surface area contributed by atoms with E-state index < -0.39 is 6.04 Å². The van der Waals surface area contributed by atoms with Crippen LogP contribution in [0, 0.1) is 21.4 Å². The van der Waals surface area contributed by atoms with Crippen molar-refractivity contribution in [2.24, 2.45) is 0 Å². The van der Waals surface area contributed by atoms with Crippen LogP contribution < -0.4 is 10.1 Å². The van der Waals surface area contributed by atoms with Gasteiger partial charge in [0.1, 0.15) is 11.8 Å². The van der Waals surface area contributed by atoms with Crippen molar-refractivity contribution in [2.75, 3.05) is 19.0 Å². The first-order valence-electron chi connectivity index (χ1n) is 6.65. The van der Waals surface area contributed by atoms with Gasteiger partial charge in [-0.05, 0) is 42.0 Å². The lowest BCUT2D eigenvalue weighted by molar-refractivity contribution is -0.482. The number of hydrogen-bond donors (Lipinski definition) is 1. The number of methoxy groups -OCH3 is 1. The first-order chi connectivity index (χ1) is 10.6. The van der Waals surface area contributed by atoms with E-state index in [2.05, 4.69) is 5.32 Å². The molecule has 6 nitrogen and oxygen atoms in total. The minimum atomic E-state index is -0.476. The molecule has 0 radical (unpaired) electrons. The molecule has 0 aliphatic rings. The summed E-state index contributed by atoms with van der Waals surface area (Å²) in [5, 5.41) is 22.8. The number of benzene rings is 2. The lowest BCUT2D eigenvalue weighted by Crippen LogP contribution is -2.20. The molecule has 22 heavy (non-hydrogen) atoms. The third-order valence-electron chi connectivity index (χ3n) is 3.20. The maximum Gasteiger partial charge on any atom is 0.227 e. The average Bonchev–Trinajstić information content (AvgIpc) is 2.54. The topological polar surface area (TPSA) is 88.2 Å². The van der Waals surface area contributed by atoms with Gasteiger partial charge in [0, 0.05) is 10.6 Å². The van der Waals surface area contributed by atoms with Crippen molar-refractivity contribution >= 4 is 5.69 Å². The number of nitrogens with one attached hydrogen (secondary N) is 1. The third-order valence-corrected chi connectivity index (χ3v) is 3.20. The largest absolute Gasteiger partial charge is 0.497 e. The zero-order chi connectivity index (χ0) is 15.9. The number of rotatable bonds is 6. The molecule has 0 bridgehead atoms. The number of nitriles is 1. The second kappa shape index (κ2) is 7.09. The Hall–Kier alpha value is -3.07. The van der Waals surface area contributed by atoms with Crippen LogP contribution in [0.3, 0.4) is 0 Å². The Kier molecular flexibility index (Phi) is 4.94. The second-order valence-corrected chi connectivity index (χ2v) is 4.67. The van der Waals surface area contributed by atoms with E-state index >= 15 is 0 Å². The summed E-state index contributed by atoms with van der Waals surface area (Å²) in [6, 6.07) is 15.5. The van der Waals surface area contributed by atoms with Crippen LogP contribution in [0.15, 0.2) is 48.5 Å². The number of nitro groups is 1. The third kappa shape index (κ3) is 3.96. The average molecular weight is 297 g/mol. The van der Waals surface area contributed by atoms with Crippen molar-refractivity contribution in [2.45, 2.75) is 6.04 Å². The highest BCUT2D eigenvalue weighted by Crippen LogP contribution is 2.22. The van der Waals surface area contributed by atoms with E-state index in [1.54, 1.807) is 55.6 Å². The van der Waals surface area contributed by atoms with E-state index in [1.165, 1.54) is 0 Å². The van der Waals surface area contributed by atoms with E-state index in [0.29, 0.717) is 5.56 Å². The van der Waals surface area contributed by atoms with E-state index in [-0.39, 0.29) is 11.5 Å². The summed E-state index contributed by atoms with van der Waals surface area (Å²) in [5.41, 5.74) is 2.04. The Morgan fingerprint density at radius 2 is 1.86 bits per heavy atom. The molecular formula is C16H15N3O3. The fraction of sp³-hybridized carbons (Fsp3) is 0.188. The molecule has 6 heteroatoms. The summed E-state index contributed by atoms with van der Waals surface area (Å²) >= 11 is 0. The van der Waals surface area contributed by atoms with Crippen molar-refractivity contribution in [3.05, 3.63) is 69.8 Å². The number of nitrogens with zero attached hydrogens (tertiary/aromatic N) is 2. The molecule has 0 aromatic heterocycles. The SMILES string of the molecule is COc1ccc(NC(C[N+](=O)[O-])c2ccc(C#N)cc2)cc1. The van der Waals surface area contributed by atoms with Crippen molar-refractivity contribution in [3.63, 3.8) is 0 Å². The lowest BCUT2D eigenvalue weighted by Gasteiger charge is -2.17. The smallest absolute Gasteiger partial charge is 0.227 e. The van der Waals surface area contributed by atoms with Crippen molar-refractivity contribution < 1.29 is 9.66 Å². The Labute approximate surface area is 128 Å². The molecular weight excluding hydrogens is 282 g/mol. The summed E-state index contributed by atoms with van der Waals surface area (Å²) in [5.74, 6) is 0.717. The molecule has 0 amide bonds. The quantitative estimate of drug-likeness (QED) is 0.654. The van der Waals surface area contributed by atoms with Gasteiger partial charge in [0.2, 0.25) is 6.54 Å². The fourth-order valence-corrected chi connectivity index (χ4v) is 2.06. The zero-order valence-electron chi connectivity index (χ0n) is 12.0. The number of hydrogen-bond acceptors (Lipinski definition) is 5. The van der Waals surface area contributed by atoms with E-state index in [0.717, 1.165) is 17.0 Å². The summed E-state index contributed by atoms with van der Waals surface area (Å²) in [6.45, 7) is -0.252. The van der Waals surface area contributed by atoms with E-state index in [9.17, 15) is 10.1 Å². The van der Waals surface area contributed by atoms with Gasteiger partial charge in [0.15, 0.2) is 0 Å². The predicted molar refractivity (Wildman–Crippen MR) is 82.4 cm³/mol. The van der Waals surface area contributed by atoms with Crippen LogP contribution in [0.4, 0.5) is 5.69 Å². The molecule has 1 unspecified atom stereocenters. The molecule has 0 saturated carbocycles. The second-order valence-electron chi connectivity index (χ2n) is 4.67. The first kappa shape index (κ1) is 15.3. The van der Waals surface area contributed by atoms with Crippen LogP contribution in [0.1, 0.15) is 17.2 Å². The summed E-state index contributed by atoms with van der Waals surface area (Å²) in [6.07, 6.45) is 0. The van der Waals surface area contributed by atoms with E-state index in [4.69, 9.17) is 10.00 Å². The minimum absolute atomic E-state index is 0.252. The standard InChI is InChI=1S/C16H15N3O3/c1-22-15-8-6-14(7-9-15)18-16(11-19(20)21)13-4-2-12(10-17)3-5-13/h2-9,16,18H,11H2,1H3. The van der Waals surface area contributed by atoms with E-state index in [1.807, 2.05) is 6.07 Å². The van der Waals surface area contributed by atoms with Crippen molar-refractivity contribution in [1.29, 1.82) is 5.26 Å².